The third kappa shape index (κ3) is 5.56. The number of benzene rings is 3. The molecule has 0 unspecified atom stereocenters. The number of carbonyl (C=O) groups is 1. The van der Waals surface area contributed by atoms with Gasteiger partial charge in [0.2, 0.25) is 15.5 Å². The van der Waals surface area contributed by atoms with Gasteiger partial charge >= 0.3 is 0 Å². The minimum absolute atomic E-state index is 0.0600. The van der Waals surface area contributed by atoms with Crippen LogP contribution in [0.3, 0.4) is 0 Å². The van der Waals surface area contributed by atoms with Crippen LogP contribution in [0.25, 0.3) is 10.9 Å². The molecule has 0 aliphatic heterocycles. The molecule has 11 heteroatoms. The van der Waals surface area contributed by atoms with Crippen LogP contribution < -0.4 is 20.2 Å². The standard InChI is InChI=1S/C25H21ClFN3O5S/c1-35-18-8-4-16(5-9-18)13-30-36(33,34)19-10-20-23(22(27)11-19)28-14-21(24(20)31)25(32)29-12-15-2-6-17(26)7-3-15/h2-11,14,30H,12-13H2,1H3,(H,28,31)(H,29,32). The molecule has 0 saturated heterocycles. The molecule has 0 radical (unpaired) electrons. The molecule has 186 valence electrons. The smallest absolute Gasteiger partial charge is 0.257 e. The number of sulfonamides is 1. The molecule has 3 N–H and O–H groups in total. The van der Waals surface area contributed by atoms with Crippen LogP contribution in [-0.2, 0) is 23.1 Å². The first kappa shape index (κ1) is 25.4. The maximum Gasteiger partial charge on any atom is 0.257 e. The normalized spacial score (nSPS) is 11.4. The summed E-state index contributed by atoms with van der Waals surface area (Å²) in [6, 6.07) is 15.4. The van der Waals surface area contributed by atoms with E-state index in [0.717, 1.165) is 23.9 Å². The van der Waals surface area contributed by atoms with Crippen molar-refractivity contribution >= 4 is 38.4 Å². The molecular formula is C25H21ClFN3O5S. The molecule has 0 atom stereocenters. The van der Waals surface area contributed by atoms with Crippen LogP contribution >= 0.6 is 11.6 Å². The molecule has 0 aliphatic rings. The number of hydrogen-bond donors (Lipinski definition) is 3. The number of methoxy groups -OCH3 is 1. The maximum absolute atomic E-state index is 14.8. The second-order valence-corrected chi connectivity index (χ2v) is 10.0. The minimum atomic E-state index is -4.17. The van der Waals surface area contributed by atoms with Gasteiger partial charge < -0.3 is 15.0 Å². The molecule has 36 heavy (non-hydrogen) atoms. The third-order valence-electron chi connectivity index (χ3n) is 5.46. The lowest BCUT2D eigenvalue weighted by Crippen LogP contribution is -2.29. The predicted molar refractivity (Wildman–Crippen MR) is 134 cm³/mol. The SMILES string of the molecule is COc1ccc(CNS(=O)(=O)c2cc(F)c3[nH]cc(C(=O)NCc4ccc(Cl)cc4)c(=O)c3c2)cc1. The molecule has 8 nitrogen and oxygen atoms in total. The maximum atomic E-state index is 14.8. The van der Waals surface area contributed by atoms with E-state index in [0.29, 0.717) is 16.3 Å². The van der Waals surface area contributed by atoms with E-state index in [1.165, 1.54) is 7.11 Å². The zero-order chi connectivity index (χ0) is 25.9. The Morgan fingerprint density at radius 3 is 2.33 bits per heavy atom. The highest BCUT2D eigenvalue weighted by molar-refractivity contribution is 7.89. The molecule has 0 fully saturated rings. The fourth-order valence-electron chi connectivity index (χ4n) is 3.47. The van der Waals surface area contributed by atoms with Crippen molar-refractivity contribution in [2.45, 2.75) is 18.0 Å². The first-order valence-corrected chi connectivity index (χ1v) is 12.5. The minimum Gasteiger partial charge on any atom is -0.497 e. The Morgan fingerprint density at radius 1 is 1.03 bits per heavy atom. The topological polar surface area (TPSA) is 117 Å². The van der Waals surface area contributed by atoms with Gasteiger partial charge in [-0.05, 0) is 47.5 Å². The van der Waals surface area contributed by atoms with E-state index in [-0.39, 0.29) is 29.6 Å². The number of ether oxygens (including phenoxy) is 1. The molecule has 1 aromatic heterocycles. The Hall–Kier alpha value is -3.73. The van der Waals surface area contributed by atoms with Crippen molar-refractivity contribution in [3.8, 4) is 5.75 Å². The number of fused-ring (bicyclic) bond motifs is 1. The highest BCUT2D eigenvalue weighted by Crippen LogP contribution is 2.20. The molecule has 1 amide bonds. The summed E-state index contributed by atoms with van der Waals surface area (Å²) in [5.74, 6) is -1.02. The summed E-state index contributed by atoms with van der Waals surface area (Å²) in [5.41, 5.74) is 0.119. The Labute approximate surface area is 211 Å². The van der Waals surface area contributed by atoms with Crippen LogP contribution in [0.2, 0.25) is 5.02 Å². The number of halogens is 2. The van der Waals surface area contributed by atoms with E-state index in [2.05, 4.69) is 15.0 Å². The van der Waals surface area contributed by atoms with Crippen molar-refractivity contribution in [1.29, 1.82) is 0 Å². The van der Waals surface area contributed by atoms with Gasteiger partial charge in [0.15, 0.2) is 0 Å². The van der Waals surface area contributed by atoms with Gasteiger partial charge in [0.1, 0.15) is 17.1 Å². The van der Waals surface area contributed by atoms with Gasteiger partial charge in [-0.2, -0.15) is 0 Å². The quantitative estimate of drug-likeness (QED) is 0.321. The molecular weight excluding hydrogens is 509 g/mol. The Bertz CT molecular complexity index is 1590. The number of aromatic amines is 1. The van der Waals surface area contributed by atoms with Crippen LogP contribution in [0.1, 0.15) is 21.5 Å². The lowest BCUT2D eigenvalue weighted by atomic mass is 10.1. The molecule has 0 saturated carbocycles. The van der Waals surface area contributed by atoms with Gasteiger partial charge in [-0.15, -0.1) is 0 Å². The van der Waals surface area contributed by atoms with Crippen molar-refractivity contribution < 1.29 is 22.3 Å². The van der Waals surface area contributed by atoms with Crippen LogP contribution in [-0.4, -0.2) is 26.4 Å². The summed E-state index contributed by atoms with van der Waals surface area (Å²) in [4.78, 5) is 27.8. The lowest BCUT2D eigenvalue weighted by molar-refractivity contribution is 0.0949. The number of amides is 1. The lowest BCUT2D eigenvalue weighted by Gasteiger charge is -2.10. The fourth-order valence-corrected chi connectivity index (χ4v) is 4.65. The molecule has 3 aromatic carbocycles. The number of pyridine rings is 1. The zero-order valence-corrected chi connectivity index (χ0v) is 20.5. The predicted octanol–water partition coefficient (Wildman–Crippen LogP) is 3.74. The highest BCUT2D eigenvalue weighted by atomic mass is 35.5. The molecule has 4 aromatic rings. The number of nitrogens with one attached hydrogen (secondary N) is 3. The molecule has 0 aliphatic carbocycles. The second-order valence-electron chi connectivity index (χ2n) is 7.84. The van der Waals surface area contributed by atoms with E-state index < -0.39 is 32.1 Å². The second kappa shape index (κ2) is 10.5. The van der Waals surface area contributed by atoms with Gasteiger partial charge in [0.05, 0.1) is 22.9 Å². The number of rotatable bonds is 8. The molecule has 0 spiro atoms. The largest absolute Gasteiger partial charge is 0.497 e. The monoisotopic (exact) mass is 529 g/mol. The first-order valence-electron chi connectivity index (χ1n) is 10.7. The van der Waals surface area contributed by atoms with E-state index in [1.807, 2.05) is 0 Å². The number of carbonyl (C=O) groups excluding carboxylic acids is 1. The summed E-state index contributed by atoms with van der Waals surface area (Å²) >= 11 is 5.85. The van der Waals surface area contributed by atoms with Crippen molar-refractivity contribution in [2.24, 2.45) is 0 Å². The van der Waals surface area contributed by atoms with Gasteiger partial charge in [-0.25, -0.2) is 17.5 Å². The summed E-state index contributed by atoms with van der Waals surface area (Å²) < 4.78 is 47.9. The van der Waals surface area contributed by atoms with Crippen molar-refractivity contribution in [1.82, 2.24) is 15.0 Å². The first-order chi connectivity index (χ1) is 17.2. The average Bonchev–Trinajstić information content (AvgIpc) is 2.87. The van der Waals surface area contributed by atoms with Crippen LogP contribution in [0.15, 0.2) is 76.6 Å². The van der Waals surface area contributed by atoms with E-state index >= 15 is 0 Å². The number of hydrogen-bond acceptors (Lipinski definition) is 5. The summed E-state index contributed by atoms with van der Waals surface area (Å²) in [6.07, 6.45) is 1.10. The Balaban J connectivity index is 1.58. The van der Waals surface area contributed by atoms with E-state index in [9.17, 15) is 22.4 Å². The van der Waals surface area contributed by atoms with E-state index in [1.54, 1.807) is 48.5 Å². The Morgan fingerprint density at radius 2 is 1.67 bits per heavy atom. The van der Waals surface area contributed by atoms with E-state index in [4.69, 9.17) is 16.3 Å². The van der Waals surface area contributed by atoms with Gasteiger partial charge in [-0.3, -0.25) is 9.59 Å². The van der Waals surface area contributed by atoms with Gasteiger partial charge in [-0.1, -0.05) is 35.9 Å². The number of H-pyrrole nitrogens is 1. The fraction of sp³-hybridized carbons (Fsp3) is 0.120. The molecule has 4 rings (SSSR count). The van der Waals surface area contributed by atoms with Gasteiger partial charge in [0.25, 0.3) is 5.91 Å². The highest BCUT2D eigenvalue weighted by Gasteiger charge is 2.20. The van der Waals surface area contributed by atoms with Crippen LogP contribution in [0.4, 0.5) is 4.39 Å². The molecule has 1 heterocycles. The Kier molecular flexibility index (Phi) is 7.39. The van der Waals surface area contributed by atoms with Crippen LogP contribution in [0, 0.1) is 5.82 Å². The zero-order valence-electron chi connectivity index (χ0n) is 19.0. The summed E-state index contributed by atoms with van der Waals surface area (Å²) in [6.45, 7) is 0.0705. The van der Waals surface area contributed by atoms with Crippen molar-refractivity contribution in [3.05, 3.63) is 105 Å². The average molecular weight is 530 g/mol. The molecule has 0 bridgehead atoms. The summed E-state index contributed by atoms with van der Waals surface area (Å²) in [5, 5.41) is 2.89. The third-order valence-corrected chi connectivity index (χ3v) is 7.09. The van der Waals surface area contributed by atoms with Crippen molar-refractivity contribution in [3.63, 3.8) is 0 Å². The number of aromatic nitrogens is 1. The van der Waals surface area contributed by atoms with Crippen molar-refractivity contribution in [2.75, 3.05) is 7.11 Å². The van der Waals surface area contributed by atoms with Crippen LogP contribution in [0.5, 0.6) is 5.75 Å². The summed E-state index contributed by atoms with van der Waals surface area (Å²) in [7, 11) is -2.66. The van der Waals surface area contributed by atoms with Gasteiger partial charge in [0, 0.05) is 24.3 Å².